The SMILES string of the molecule is C=C/C(=C(/O)CC(C)Oc1ccccc1CC(=O)OCC)c1cccc(CN)c1F. The maximum absolute atomic E-state index is 14.6. The zero-order chi connectivity index (χ0) is 22.1. The summed E-state index contributed by atoms with van der Waals surface area (Å²) in [7, 11) is 0. The van der Waals surface area contributed by atoms with Crippen LogP contribution in [-0.4, -0.2) is 23.8 Å². The molecule has 30 heavy (non-hydrogen) atoms. The van der Waals surface area contributed by atoms with E-state index in [1.165, 1.54) is 6.08 Å². The molecule has 160 valence electrons. The van der Waals surface area contributed by atoms with Crippen LogP contribution in [0.5, 0.6) is 5.75 Å². The number of ether oxygens (including phenoxy) is 2. The molecule has 0 fully saturated rings. The fraction of sp³-hybridized carbons (Fsp3) is 0.292. The molecule has 6 heteroatoms. The highest BCUT2D eigenvalue weighted by atomic mass is 19.1. The Labute approximate surface area is 176 Å². The molecule has 0 aliphatic rings. The van der Waals surface area contributed by atoms with Crippen molar-refractivity contribution in [3.05, 3.63) is 83.4 Å². The van der Waals surface area contributed by atoms with Crippen LogP contribution in [0.1, 0.15) is 37.0 Å². The first-order valence-corrected chi connectivity index (χ1v) is 9.83. The molecule has 1 unspecified atom stereocenters. The molecule has 0 spiro atoms. The summed E-state index contributed by atoms with van der Waals surface area (Å²) in [6.07, 6.45) is 1.19. The van der Waals surface area contributed by atoms with Gasteiger partial charge in [0.15, 0.2) is 0 Å². The molecule has 0 saturated heterocycles. The number of allylic oxidation sites excluding steroid dienone is 2. The Morgan fingerprint density at radius 1 is 1.23 bits per heavy atom. The number of carbonyl (C=O) groups is 1. The van der Waals surface area contributed by atoms with Gasteiger partial charge < -0.3 is 20.3 Å². The molecule has 0 aliphatic heterocycles. The van der Waals surface area contributed by atoms with E-state index in [4.69, 9.17) is 15.2 Å². The van der Waals surface area contributed by atoms with Gasteiger partial charge >= 0.3 is 5.97 Å². The maximum Gasteiger partial charge on any atom is 0.310 e. The second kappa shape index (κ2) is 11.2. The van der Waals surface area contributed by atoms with Crippen LogP contribution in [0.15, 0.2) is 60.9 Å². The van der Waals surface area contributed by atoms with E-state index >= 15 is 0 Å². The van der Waals surface area contributed by atoms with Crippen molar-refractivity contribution in [2.24, 2.45) is 5.73 Å². The Kier molecular flexibility index (Phi) is 8.62. The fourth-order valence-corrected chi connectivity index (χ4v) is 3.10. The number of benzene rings is 2. The van der Waals surface area contributed by atoms with E-state index in [0.29, 0.717) is 23.5 Å². The Hall–Kier alpha value is -3.12. The predicted octanol–water partition coefficient (Wildman–Crippen LogP) is 4.70. The molecule has 2 rings (SSSR count). The molecule has 1 atom stereocenters. The van der Waals surface area contributed by atoms with Crippen LogP contribution >= 0.6 is 0 Å². The van der Waals surface area contributed by atoms with Gasteiger partial charge in [-0.2, -0.15) is 0 Å². The Morgan fingerprint density at radius 2 is 1.93 bits per heavy atom. The van der Waals surface area contributed by atoms with Crippen molar-refractivity contribution >= 4 is 11.5 Å². The highest BCUT2D eigenvalue weighted by Crippen LogP contribution is 2.27. The topological polar surface area (TPSA) is 81.8 Å². The summed E-state index contributed by atoms with van der Waals surface area (Å²) >= 11 is 0. The number of nitrogens with two attached hydrogens (primary N) is 1. The smallest absolute Gasteiger partial charge is 0.310 e. The number of esters is 1. The second-order valence-electron chi connectivity index (χ2n) is 6.77. The third-order valence-electron chi connectivity index (χ3n) is 4.53. The monoisotopic (exact) mass is 413 g/mol. The van der Waals surface area contributed by atoms with E-state index in [-0.39, 0.29) is 42.3 Å². The summed E-state index contributed by atoms with van der Waals surface area (Å²) in [4.78, 5) is 11.8. The van der Waals surface area contributed by atoms with E-state index in [1.807, 2.05) is 6.07 Å². The number of rotatable bonds is 10. The summed E-state index contributed by atoms with van der Waals surface area (Å²) in [5.41, 5.74) is 7.15. The number of aliphatic hydroxyl groups is 1. The van der Waals surface area contributed by atoms with Gasteiger partial charge in [0.2, 0.25) is 0 Å². The fourth-order valence-electron chi connectivity index (χ4n) is 3.10. The van der Waals surface area contributed by atoms with Crippen molar-refractivity contribution in [1.29, 1.82) is 0 Å². The van der Waals surface area contributed by atoms with E-state index in [0.717, 1.165) is 0 Å². The van der Waals surface area contributed by atoms with Crippen molar-refractivity contribution in [2.45, 2.75) is 39.3 Å². The Balaban J connectivity index is 2.20. The van der Waals surface area contributed by atoms with Crippen LogP contribution in [0, 0.1) is 5.82 Å². The lowest BCUT2D eigenvalue weighted by atomic mass is 9.99. The number of hydrogen-bond acceptors (Lipinski definition) is 5. The summed E-state index contributed by atoms with van der Waals surface area (Å²) in [6, 6.07) is 12.0. The highest BCUT2D eigenvalue weighted by Gasteiger charge is 2.17. The van der Waals surface area contributed by atoms with E-state index < -0.39 is 11.9 Å². The van der Waals surface area contributed by atoms with Gasteiger partial charge in [0.05, 0.1) is 13.0 Å². The van der Waals surface area contributed by atoms with Gasteiger partial charge in [0, 0.05) is 35.2 Å². The molecule has 2 aromatic rings. The van der Waals surface area contributed by atoms with Crippen LogP contribution in [0.4, 0.5) is 4.39 Å². The average Bonchev–Trinajstić information content (AvgIpc) is 2.71. The summed E-state index contributed by atoms with van der Waals surface area (Å²) in [6.45, 7) is 7.60. The van der Waals surface area contributed by atoms with Crippen LogP contribution in [0.25, 0.3) is 5.57 Å². The first-order valence-electron chi connectivity index (χ1n) is 9.83. The molecular formula is C24H28FNO4. The molecule has 0 saturated carbocycles. The van der Waals surface area contributed by atoms with Gasteiger partial charge in [-0.25, -0.2) is 4.39 Å². The minimum Gasteiger partial charge on any atom is -0.512 e. The van der Waals surface area contributed by atoms with Crippen molar-refractivity contribution in [2.75, 3.05) is 6.61 Å². The number of para-hydroxylation sites is 1. The molecule has 3 N–H and O–H groups in total. The summed E-state index contributed by atoms with van der Waals surface area (Å²) in [5.74, 6) is -0.335. The van der Waals surface area contributed by atoms with Gasteiger partial charge in [0.25, 0.3) is 0 Å². The van der Waals surface area contributed by atoms with Crippen LogP contribution < -0.4 is 10.5 Å². The zero-order valence-corrected chi connectivity index (χ0v) is 17.4. The molecule has 2 aromatic carbocycles. The normalized spacial score (nSPS) is 12.7. The summed E-state index contributed by atoms with van der Waals surface area (Å²) < 4.78 is 25.6. The molecule has 0 amide bonds. The van der Waals surface area contributed by atoms with Gasteiger partial charge in [-0.05, 0) is 19.9 Å². The van der Waals surface area contributed by atoms with Crippen molar-refractivity contribution < 1.29 is 23.8 Å². The molecule has 0 radical (unpaired) electrons. The first kappa shape index (κ1) is 23.2. The second-order valence-corrected chi connectivity index (χ2v) is 6.77. The minimum absolute atomic E-state index is 0.0477. The highest BCUT2D eigenvalue weighted by molar-refractivity contribution is 5.76. The lowest BCUT2D eigenvalue weighted by molar-refractivity contribution is -0.142. The van der Waals surface area contributed by atoms with Gasteiger partial charge in [-0.3, -0.25) is 4.79 Å². The lowest BCUT2D eigenvalue weighted by Gasteiger charge is -2.18. The van der Waals surface area contributed by atoms with Crippen molar-refractivity contribution in [1.82, 2.24) is 0 Å². The van der Waals surface area contributed by atoms with Crippen LogP contribution in [0.3, 0.4) is 0 Å². The Morgan fingerprint density at radius 3 is 2.60 bits per heavy atom. The summed E-state index contributed by atoms with van der Waals surface area (Å²) in [5, 5.41) is 10.6. The number of aliphatic hydroxyl groups excluding tert-OH is 1. The van der Waals surface area contributed by atoms with Crippen molar-refractivity contribution in [3.63, 3.8) is 0 Å². The molecule has 0 aliphatic carbocycles. The van der Waals surface area contributed by atoms with Crippen molar-refractivity contribution in [3.8, 4) is 5.75 Å². The minimum atomic E-state index is -0.477. The molecule has 0 heterocycles. The Bertz CT molecular complexity index is 923. The predicted molar refractivity (Wildman–Crippen MR) is 116 cm³/mol. The van der Waals surface area contributed by atoms with Gasteiger partial charge in [-0.1, -0.05) is 49.1 Å². The van der Waals surface area contributed by atoms with E-state index in [2.05, 4.69) is 6.58 Å². The molecule has 5 nitrogen and oxygen atoms in total. The third-order valence-corrected chi connectivity index (χ3v) is 4.53. The molecule has 0 aromatic heterocycles. The number of carbonyl (C=O) groups excluding carboxylic acids is 1. The van der Waals surface area contributed by atoms with E-state index in [1.54, 1.807) is 50.2 Å². The average molecular weight is 413 g/mol. The third kappa shape index (κ3) is 5.94. The number of halogens is 1. The quantitative estimate of drug-likeness (QED) is 0.335. The first-order chi connectivity index (χ1) is 14.4. The lowest BCUT2D eigenvalue weighted by Crippen LogP contribution is -2.16. The van der Waals surface area contributed by atoms with Gasteiger partial charge in [-0.15, -0.1) is 0 Å². The van der Waals surface area contributed by atoms with E-state index in [9.17, 15) is 14.3 Å². The van der Waals surface area contributed by atoms with Gasteiger partial charge in [0.1, 0.15) is 23.4 Å². The maximum atomic E-state index is 14.6. The molecular weight excluding hydrogens is 385 g/mol. The zero-order valence-electron chi connectivity index (χ0n) is 17.4. The molecule has 0 bridgehead atoms. The number of hydrogen-bond donors (Lipinski definition) is 2. The van der Waals surface area contributed by atoms with Crippen LogP contribution in [0.2, 0.25) is 0 Å². The van der Waals surface area contributed by atoms with Crippen LogP contribution in [-0.2, 0) is 22.5 Å². The largest absolute Gasteiger partial charge is 0.512 e. The standard InChI is InChI=1S/C24H28FNO4/c1-4-19(20-11-8-10-18(15-26)24(20)25)21(27)13-16(3)30-22-12-7-6-9-17(22)14-23(28)29-5-2/h4,6-12,16,27H,1,5,13-15,26H2,2-3H3/b21-19-.